The van der Waals surface area contributed by atoms with Gasteiger partial charge in [0, 0.05) is 6.20 Å². The number of aromatic carboxylic acids is 1. The van der Waals surface area contributed by atoms with Crippen molar-refractivity contribution in [2.75, 3.05) is 0 Å². The number of hydrogen-bond donors (Lipinski definition) is 1. The molecule has 4 nitrogen and oxygen atoms in total. The number of halogens is 3. The summed E-state index contributed by atoms with van der Waals surface area (Å²) in [6.07, 6.45) is 0.128. The van der Waals surface area contributed by atoms with Gasteiger partial charge >= 0.3 is 12.1 Å². The first-order chi connectivity index (χ1) is 14.1. The Bertz CT molecular complexity index is 1050. The predicted octanol–water partition coefficient (Wildman–Crippen LogP) is 6.18. The van der Waals surface area contributed by atoms with Crippen LogP contribution in [0.4, 0.5) is 13.2 Å². The van der Waals surface area contributed by atoms with Gasteiger partial charge in [-0.1, -0.05) is 44.2 Å². The molecule has 0 aliphatic carbocycles. The monoisotopic (exact) mass is 414 g/mol. The Hall–Kier alpha value is -3.35. The molecule has 3 aromatic rings. The molecule has 7 heteroatoms. The van der Waals surface area contributed by atoms with Crippen molar-refractivity contribution in [3.05, 3.63) is 83.2 Å². The van der Waals surface area contributed by atoms with Crippen molar-refractivity contribution < 1.29 is 23.1 Å². The van der Waals surface area contributed by atoms with Gasteiger partial charge in [0.05, 0.1) is 23.0 Å². The minimum Gasteiger partial charge on any atom is -0.478 e. The number of carbonyl (C=O) groups is 1. The number of benzene rings is 2. The van der Waals surface area contributed by atoms with Crippen LogP contribution < -0.4 is 0 Å². The molecule has 0 bridgehead atoms. The Balaban J connectivity index is 1.88. The molecular formula is C23H21F3N2O2. The highest BCUT2D eigenvalue weighted by molar-refractivity contribution is 5.89. The first-order valence-electron chi connectivity index (χ1n) is 9.40. The van der Waals surface area contributed by atoms with Crippen LogP contribution in [-0.2, 0) is 6.18 Å². The van der Waals surface area contributed by atoms with Gasteiger partial charge in [-0.2, -0.15) is 18.3 Å². The van der Waals surface area contributed by atoms with E-state index in [-0.39, 0.29) is 5.56 Å². The lowest BCUT2D eigenvalue weighted by Crippen LogP contribution is -2.02. The number of hydrogen-bond acceptors (Lipinski definition) is 2. The van der Waals surface area contributed by atoms with Crippen LogP contribution in [0, 0.1) is 5.92 Å². The van der Waals surface area contributed by atoms with Crippen LogP contribution in [0.25, 0.3) is 17.3 Å². The number of carboxylic acids is 1. The SMILES string of the molecule is CC(C)C/C(=C/c1ccc(-n2cc(C(F)(F)F)cn2)cc1)c1ccc(C(=O)O)cc1. The molecule has 156 valence electrons. The van der Waals surface area contributed by atoms with Gasteiger partial charge in [-0.25, -0.2) is 9.48 Å². The topological polar surface area (TPSA) is 55.1 Å². The maximum absolute atomic E-state index is 12.8. The minimum atomic E-state index is -4.43. The van der Waals surface area contributed by atoms with E-state index < -0.39 is 17.7 Å². The Kier molecular flexibility index (Phi) is 6.10. The molecule has 0 aliphatic heterocycles. The van der Waals surface area contributed by atoms with E-state index in [1.54, 1.807) is 36.4 Å². The first-order valence-corrected chi connectivity index (χ1v) is 9.40. The number of nitrogens with zero attached hydrogens (tertiary/aromatic N) is 2. The van der Waals surface area contributed by atoms with Crippen LogP contribution in [0.5, 0.6) is 0 Å². The molecular weight excluding hydrogens is 393 g/mol. The highest BCUT2D eigenvalue weighted by Gasteiger charge is 2.32. The molecule has 0 saturated carbocycles. The molecule has 0 spiro atoms. The second-order valence-electron chi connectivity index (χ2n) is 7.41. The third-order valence-corrected chi connectivity index (χ3v) is 4.54. The fourth-order valence-electron chi connectivity index (χ4n) is 3.06. The molecule has 0 radical (unpaired) electrons. The number of alkyl halides is 3. The van der Waals surface area contributed by atoms with Crippen molar-refractivity contribution in [3.8, 4) is 5.69 Å². The molecule has 0 amide bonds. The second-order valence-corrected chi connectivity index (χ2v) is 7.41. The smallest absolute Gasteiger partial charge is 0.419 e. The zero-order valence-corrected chi connectivity index (χ0v) is 16.5. The van der Waals surface area contributed by atoms with Crippen molar-refractivity contribution >= 4 is 17.6 Å². The van der Waals surface area contributed by atoms with E-state index in [1.165, 1.54) is 4.68 Å². The molecule has 1 N–H and O–H groups in total. The molecule has 30 heavy (non-hydrogen) atoms. The molecule has 1 heterocycles. The minimum absolute atomic E-state index is 0.226. The summed E-state index contributed by atoms with van der Waals surface area (Å²) in [6, 6.07) is 13.8. The standard InChI is InChI=1S/C23H21F3N2O2/c1-15(2)11-19(17-5-7-18(8-6-17)22(29)30)12-16-3-9-21(10-4-16)28-14-20(13-27-28)23(24,25)26/h3-10,12-15H,11H2,1-2H3,(H,29,30)/b19-12-. The Labute approximate surface area is 172 Å². The number of allylic oxidation sites excluding steroid dienone is 1. The zero-order chi connectivity index (χ0) is 21.9. The second kappa shape index (κ2) is 8.57. The average Bonchev–Trinajstić information content (AvgIpc) is 3.18. The average molecular weight is 414 g/mol. The van der Waals surface area contributed by atoms with Gasteiger partial charge in [0.2, 0.25) is 0 Å². The van der Waals surface area contributed by atoms with Crippen LogP contribution in [0.2, 0.25) is 0 Å². The molecule has 0 unspecified atom stereocenters. The van der Waals surface area contributed by atoms with Crippen molar-refractivity contribution in [1.82, 2.24) is 9.78 Å². The van der Waals surface area contributed by atoms with Gasteiger partial charge in [0.15, 0.2) is 0 Å². The summed E-state index contributed by atoms with van der Waals surface area (Å²) in [7, 11) is 0. The number of aromatic nitrogens is 2. The van der Waals surface area contributed by atoms with E-state index in [9.17, 15) is 18.0 Å². The normalized spacial score (nSPS) is 12.4. The number of rotatable bonds is 6. The highest BCUT2D eigenvalue weighted by atomic mass is 19.4. The van der Waals surface area contributed by atoms with E-state index in [2.05, 4.69) is 18.9 Å². The third kappa shape index (κ3) is 5.17. The summed E-state index contributed by atoms with van der Waals surface area (Å²) in [6.45, 7) is 4.19. The quantitative estimate of drug-likeness (QED) is 0.490. The van der Waals surface area contributed by atoms with Crippen molar-refractivity contribution in [2.24, 2.45) is 5.92 Å². The summed E-state index contributed by atoms with van der Waals surface area (Å²) < 4.78 is 39.5. The van der Waals surface area contributed by atoms with Crippen molar-refractivity contribution in [3.63, 3.8) is 0 Å². The van der Waals surface area contributed by atoms with Crippen LogP contribution >= 0.6 is 0 Å². The summed E-state index contributed by atoms with van der Waals surface area (Å²) in [5.74, 6) is -0.585. The molecule has 2 aromatic carbocycles. The maximum atomic E-state index is 12.8. The molecule has 0 saturated heterocycles. The van der Waals surface area contributed by atoms with Crippen molar-refractivity contribution in [2.45, 2.75) is 26.4 Å². The van der Waals surface area contributed by atoms with Gasteiger partial charge < -0.3 is 5.11 Å². The molecule has 1 aromatic heterocycles. The lowest BCUT2D eigenvalue weighted by molar-refractivity contribution is -0.137. The van der Waals surface area contributed by atoms with Crippen LogP contribution in [0.3, 0.4) is 0 Å². The van der Waals surface area contributed by atoms with E-state index in [1.807, 2.05) is 18.2 Å². The fraction of sp³-hybridized carbons (Fsp3) is 0.217. The van der Waals surface area contributed by atoms with Gasteiger partial charge in [0.25, 0.3) is 0 Å². The Morgan fingerprint density at radius 1 is 1.07 bits per heavy atom. The Morgan fingerprint density at radius 2 is 1.67 bits per heavy atom. The number of carboxylic acid groups (broad SMARTS) is 1. The maximum Gasteiger partial charge on any atom is 0.419 e. The van der Waals surface area contributed by atoms with E-state index in [4.69, 9.17) is 5.11 Å². The molecule has 0 aliphatic rings. The fourth-order valence-corrected chi connectivity index (χ4v) is 3.06. The Morgan fingerprint density at radius 3 is 2.17 bits per heavy atom. The van der Waals surface area contributed by atoms with Gasteiger partial charge in [-0.3, -0.25) is 0 Å². The van der Waals surface area contributed by atoms with Crippen molar-refractivity contribution in [1.29, 1.82) is 0 Å². The molecule has 3 rings (SSSR count). The molecule has 0 atom stereocenters. The zero-order valence-electron chi connectivity index (χ0n) is 16.5. The first kappa shape index (κ1) is 21.4. The van der Waals surface area contributed by atoms with Crippen LogP contribution in [-0.4, -0.2) is 20.9 Å². The van der Waals surface area contributed by atoms with Crippen LogP contribution in [0.1, 0.15) is 47.3 Å². The van der Waals surface area contributed by atoms with Gasteiger partial charge in [-0.05, 0) is 53.3 Å². The summed E-state index contributed by atoms with van der Waals surface area (Å²) in [5.41, 5.74) is 2.83. The largest absolute Gasteiger partial charge is 0.478 e. The highest BCUT2D eigenvalue weighted by Crippen LogP contribution is 2.29. The summed E-state index contributed by atoms with van der Waals surface area (Å²) in [4.78, 5) is 11.1. The third-order valence-electron chi connectivity index (χ3n) is 4.54. The summed E-state index contributed by atoms with van der Waals surface area (Å²) >= 11 is 0. The van der Waals surface area contributed by atoms with Gasteiger partial charge in [0.1, 0.15) is 0 Å². The summed E-state index contributed by atoms with van der Waals surface area (Å²) in [5, 5.41) is 12.9. The van der Waals surface area contributed by atoms with E-state index in [0.717, 1.165) is 35.5 Å². The lowest BCUT2D eigenvalue weighted by Gasteiger charge is -2.12. The van der Waals surface area contributed by atoms with E-state index >= 15 is 0 Å². The van der Waals surface area contributed by atoms with Crippen LogP contribution in [0.15, 0.2) is 60.9 Å². The predicted molar refractivity (Wildman–Crippen MR) is 109 cm³/mol. The van der Waals surface area contributed by atoms with E-state index in [0.29, 0.717) is 11.6 Å². The van der Waals surface area contributed by atoms with Gasteiger partial charge in [-0.15, -0.1) is 0 Å². The lowest BCUT2D eigenvalue weighted by atomic mass is 9.94. The molecule has 0 fully saturated rings.